The zero-order valence-electron chi connectivity index (χ0n) is 7.71. The molecule has 0 saturated carbocycles. The third-order valence-corrected chi connectivity index (χ3v) is 1.81. The number of carbonyl (C=O) groups is 1. The summed E-state index contributed by atoms with van der Waals surface area (Å²) >= 11 is 5.70. The highest BCUT2D eigenvalue weighted by Gasteiger charge is 1.98. The summed E-state index contributed by atoms with van der Waals surface area (Å²) in [4.78, 5) is 15.3. The van der Waals surface area contributed by atoms with Gasteiger partial charge in [-0.05, 0) is 17.7 Å². The fraction of sp³-hybridized carbons (Fsp3) is 0.222. The zero-order chi connectivity index (χ0) is 10.4. The van der Waals surface area contributed by atoms with Crippen molar-refractivity contribution in [3.05, 3.63) is 34.9 Å². The summed E-state index contributed by atoms with van der Waals surface area (Å²) in [7, 11) is 1.38. The molecule has 1 rings (SSSR count). The van der Waals surface area contributed by atoms with Gasteiger partial charge in [0.15, 0.2) is 0 Å². The number of hydrogen-bond donors (Lipinski definition) is 2. The lowest BCUT2D eigenvalue weighted by Crippen LogP contribution is -2.34. The number of hydroxylamine groups is 1. The van der Waals surface area contributed by atoms with E-state index in [4.69, 9.17) is 11.6 Å². The monoisotopic (exact) mass is 214 g/mol. The van der Waals surface area contributed by atoms with E-state index in [1.165, 1.54) is 7.11 Å². The number of urea groups is 1. The molecule has 0 aliphatic rings. The highest BCUT2D eigenvalue weighted by atomic mass is 35.5. The standard InChI is InChI=1S/C9H11ClN2O2/c1-14-12-9(13)11-6-7-2-4-8(10)5-3-7/h2-5H,6H2,1H3,(H2,11,12,13). The molecule has 14 heavy (non-hydrogen) atoms. The molecule has 0 heterocycles. The van der Waals surface area contributed by atoms with E-state index < -0.39 is 0 Å². The predicted molar refractivity (Wildman–Crippen MR) is 53.8 cm³/mol. The van der Waals surface area contributed by atoms with Crippen LogP contribution in [0.5, 0.6) is 0 Å². The molecule has 0 spiro atoms. The van der Waals surface area contributed by atoms with Crippen molar-refractivity contribution < 1.29 is 9.63 Å². The van der Waals surface area contributed by atoms with Gasteiger partial charge in [0.05, 0.1) is 7.11 Å². The van der Waals surface area contributed by atoms with Crippen LogP contribution in [0, 0.1) is 0 Å². The van der Waals surface area contributed by atoms with E-state index in [2.05, 4.69) is 15.6 Å². The van der Waals surface area contributed by atoms with Crippen LogP contribution in [0.4, 0.5) is 4.79 Å². The Labute approximate surface area is 87.2 Å². The maximum atomic E-state index is 10.9. The molecule has 0 aliphatic carbocycles. The summed E-state index contributed by atoms with van der Waals surface area (Å²) in [5, 5.41) is 3.28. The first-order valence-electron chi connectivity index (χ1n) is 4.03. The van der Waals surface area contributed by atoms with E-state index in [0.29, 0.717) is 11.6 Å². The van der Waals surface area contributed by atoms with Crippen LogP contribution in [0.2, 0.25) is 5.02 Å². The molecule has 0 radical (unpaired) electrons. The minimum Gasteiger partial charge on any atom is -0.332 e. The Bertz CT molecular complexity index is 300. The Kier molecular flexibility index (Phi) is 4.22. The minimum absolute atomic E-state index is 0.373. The fourth-order valence-electron chi connectivity index (χ4n) is 0.913. The molecule has 0 saturated heterocycles. The summed E-state index contributed by atoms with van der Waals surface area (Å²) in [6, 6.07) is 6.85. The van der Waals surface area contributed by atoms with Crippen molar-refractivity contribution >= 4 is 17.6 Å². The van der Waals surface area contributed by atoms with Gasteiger partial charge in [0.1, 0.15) is 0 Å². The quantitative estimate of drug-likeness (QED) is 0.753. The Balaban J connectivity index is 2.38. The summed E-state index contributed by atoms with van der Waals surface area (Å²) in [5.74, 6) is 0. The van der Waals surface area contributed by atoms with E-state index in [1.54, 1.807) is 12.1 Å². The lowest BCUT2D eigenvalue weighted by molar-refractivity contribution is 0.107. The van der Waals surface area contributed by atoms with E-state index in [9.17, 15) is 4.79 Å². The van der Waals surface area contributed by atoms with Gasteiger partial charge >= 0.3 is 6.03 Å². The molecule has 1 aromatic carbocycles. The van der Waals surface area contributed by atoms with Gasteiger partial charge in [-0.1, -0.05) is 23.7 Å². The number of amides is 2. The highest BCUT2D eigenvalue weighted by molar-refractivity contribution is 6.30. The van der Waals surface area contributed by atoms with Crippen LogP contribution in [-0.4, -0.2) is 13.1 Å². The first-order valence-corrected chi connectivity index (χ1v) is 4.41. The summed E-state index contributed by atoms with van der Waals surface area (Å²) < 4.78 is 0. The van der Waals surface area contributed by atoms with E-state index in [0.717, 1.165) is 5.56 Å². The Morgan fingerprint density at radius 1 is 1.43 bits per heavy atom. The molecule has 2 amide bonds. The lowest BCUT2D eigenvalue weighted by Gasteiger charge is -2.05. The van der Waals surface area contributed by atoms with E-state index in [-0.39, 0.29) is 6.03 Å². The fourth-order valence-corrected chi connectivity index (χ4v) is 1.04. The minimum atomic E-state index is -0.373. The van der Waals surface area contributed by atoms with Crippen LogP contribution < -0.4 is 10.8 Å². The van der Waals surface area contributed by atoms with Crippen LogP contribution in [0.3, 0.4) is 0 Å². The molecule has 4 nitrogen and oxygen atoms in total. The molecular formula is C9H11ClN2O2. The van der Waals surface area contributed by atoms with Crippen molar-refractivity contribution in [3.8, 4) is 0 Å². The van der Waals surface area contributed by atoms with E-state index >= 15 is 0 Å². The third-order valence-electron chi connectivity index (χ3n) is 1.56. The molecule has 0 atom stereocenters. The Morgan fingerprint density at radius 3 is 2.64 bits per heavy atom. The average Bonchev–Trinajstić information content (AvgIpc) is 2.17. The average molecular weight is 215 g/mol. The third kappa shape index (κ3) is 3.64. The molecule has 2 N–H and O–H groups in total. The van der Waals surface area contributed by atoms with Crippen LogP contribution >= 0.6 is 11.6 Å². The van der Waals surface area contributed by atoms with Gasteiger partial charge in [-0.15, -0.1) is 0 Å². The van der Waals surface area contributed by atoms with Gasteiger partial charge < -0.3 is 5.32 Å². The topological polar surface area (TPSA) is 50.4 Å². The van der Waals surface area contributed by atoms with Crippen LogP contribution in [0.15, 0.2) is 24.3 Å². The van der Waals surface area contributed by atoms with Gasteiger partial charge in [-0.3, -0.25) is 4.84 Å². The lowest BCUT2D eigenvalue weighted by atomic mass is 10.2. The number of rotatable bonds is 3. The highest BCUT2D eigenvalue weighted by Crippen LogP contribution is 2.08. The van der Waals surface area contributed by atoms with Gasteiger partial charge in [0.25, 0.3) is 0 Å². The second-order valence-corrected chi connectivity index (χ2v) is 3.05. The van der Waals surface area contributed by atoms with Crippen LogP contribution in [0.1, 0.15) is 5.56 Å². The second kappa shape index (κ2) is 5.47. The van der Waals surface area contributed by atoms with Crippen molar-refractivity contribution in [3.63, 3.8) is 0 Å². The number of nitrogens with one attached hydrogen (secondary N) is 2. The van der Waals surface area contributed by atoms with E-state index in [1.807, 2.05) is 12.1 Å². The Morgan fingerprint density at radius 2 is 2.07 bits per heavy atom. The van der Waals surface area contributed by atoms with Crippen molar-refractivity contribution in [2.24, 2.45) is 0 Å². The van der Waals surface area contributed by atoms with Crippen molar-refractivity contribution in [2.75, 3.05) is 7.11 Å². The van der Waals surface area contributed by atoms with Gasteiger partial charge in [0.2, 0.25) is 0 Å². The van der Waals surface area contributed by atoms with Gasteiger partial charge in [0, 0.05) is 11.6 Å². The predicted octanol–water partition coefficient (Wildman–Crippen LogP) is 1.70. The smallest absolute Gasteiger partial charge is 0.332 e. The molecule has 0 fully saturated rings. The van der Waals surface area contributed by atoms with Crippen LogP contribution in [-0.2, 0) is 11.4 Å². The number of carbonyl (C=O) groups excluding carboxylic acids is 1. The summed E-state index contributed by atoms with van der Waals surface area (Å²) in [6.45, 7) is 0.437. The largest absolute Gasteiger partial charge is 0.338 e. The normalized spacial score (nSPS) is 9.57. The van der Waals surface area contributed by atoms with Crippen LogP contribution in [0.25, 0.3) is 0 Å². The number of halogens is 1. The molecule has 0 unspecified atom stereocenters. The summed E-state index contributed by atoms with van der Waals surface area (Å²) in [5.41, 5.74) is 3.12. The van der Waals surface area contributed by atoms with Crippen molar-refractivity contribution in [1.82, 2.24) is 10.8 Å². The molecular weight excluding hydrogens is 204 g/mol. The molecule has 0 aromatic heterocycles. The zero-order valence-corrected chi connectivity index (χ0v) is 8.47. The molecule has 1 aromatic rings. The Hall–Kier alpha value is -1.26. The number of hydrogen-bond acceptors (Lipinski definition) is 2. The molecule has 0 aliphatic heterocycles. The first kappa shape index (κ1) is 10.8. The molecule has 5 heteroatoms. The van der Waals surface area contributed by atoms with Crippen molar-refractivity contribution in [2.45, 2.75) is 6.54 Å². The van der Waals surface area contributed by atoms with Gasteiger partial charge in [-0.2, -0.15) is 0 Å². The summed E-state index contributed by atoms with van der Waals surface area (Å²) in [6.07, 6.45) is 0. The SMILES string of the molecule is CONC(=O)NCc1ccc(Cl)cc1. The molecule has 76 valence electrons. The first-order chi connectivity index (χ1) is 6.72. The van der Waals surface area contributed by atoms with Crippen molar-refractivity contribution in [1.29, 1.82) is 0 Å². The molecule has 0 bridgehead atoms. The maximum Gasteiger partial charge on any atom is 0.338 e. The maximum absolute atomic E-state index is 10.9. The second-order valence-electron chi connectivity index (χ2n) is 2.62. The van der Waals surface area contributed by atoms with Gasteiger partial charge in [-0.25, -0.2) is 10.3 Å². The number of benzene rings is 1.